The van der Waals surface area contributed by atoms with E-state index in [1.54, 1.807) is 19.1 Å². The number of amides is 2. The lowest BCUT2D eigenvalue weighted by molar-refractivity contribution is -0.127. The number of nitrogens with two attached hydrogens (primary N) is 1. The molecule has 3 N–H and O–H groups in total. The zero-order valence-corrected chi connectivity index (χ0v) is 15.7. The number of hydrogen-bond donors (Lipinski definition) is 2. The highest BCUT2D eigenvalue weighted by Crippen LogP contribution is 2.34. The number of ether oxygens (including phenoxy) is 1. The van der Waals surface area contributed by atoms with Crippen LogP contribution >= 0.6 is 0 Å². The highest BCUT2D eigenvalue weighted by Gasteiger charge is 2.44. The smallest absolute Gasteiger partial charge is 0.256 e. The summed E-state index contributed by atoms with van der Waals surface area (Å²) in [7, 11) is 0. The zero-order valence-electron chi connectivity index (χ0n) is 15.7. The van der Waals surface area contributed by atoms with E-state index in [9.17, 15) is 9.59 Å². The van der Waals surface area contributed by atoms with Crippen LogP contribution in [-0.4, -0.2) is 17.4 Å². The van der Waals surface area contributed by atoms with Crippen molar-refractivity contribution in [3.63, 3.8) is 0 Å². The minimum absolute atomic E-state index is 0.352. The average molecular weight is 378 g/mol. The third-order valence-electron chi connectivity index (χ3n) is 5.34. The van der Waals surface area contributed by atoms with E-state index in [0.29, 0.717) is 47.5 Å². The van der Waals surface area contributed by atoms with Gasteiger partial charge in [0.05, 0.1) is 5.56 Å². The van der Waals surface area contributed by atoms with Gasteiger partial charge in [0.2, 0.25) is 5.91 Å². The molecule has 4 rings (SSSR count). The molecule has 0 spiro atoms. The molecule has 28 heavy (non-hydrogen) atoms. The van der Waals surface area contributed by atoms with Crippen molar-refractivity contribution in [1.29, 1.82) is 0 Å². The number of fused-ring (bicyclic) bond motifs is 1. The number of aryl methyl sites for hydroxylation is 1. The normalized spacial score (nSPS) is 15.0. The van der Waals surface area contributed by atoms with E-state index in [1.165, 1.54) is 0 Å². The van der Waals surface area contributed by atoms with Gasteiger partial charge in [0.1, 0.15) is 29.2 Å². The van der Waals surface area contributed by atoms with E-state index in [0.717, 1.165) is 12.0 Å². The van der Waals surface area contributed by atoms with Crippen molar-refractivity contribution in [1.82, 2.24) is 5.32 Å². The summed E-state index contributed by atoms with van der Waals surface area (Å²) in [5, 5.41) is 3.48. The number of carbonyl (C=O) groups is 2. The van der Waals surface area contributed by atoms with Gasteiger partial charge in [-0.25, -0.2) is 0 Å². The van der Waals surface area contributed by atoms with Crippen molar-refractivity contribution in [2.75, 3.05) is 0 Å². The van der Waals surface area contributed by atoms with Gasteiger partial charge in [0.15, 0.2) is 0 Å². The summed E-state index contributed by atoms with van der Waals surface area (Å²) in [5.74, 6) is 0.283. The van der Waals surface area contributed by atoms with E-state index in [4.69, 9.17) is 14.9 Å². The van der Waals surface area contributed by atoms with E-state index in [2.05, 4.69) is 5.32 Å². The lowest BCUT2D eigenvalue weighted by Gasteiger charge is -2.39. The van der Waals surface area contributed by atoms with Crippen molar-refractivity contribution in [2.45, 2.75) is 38.3 Å². The largest absolute Gasteiger partial charge is 0.489 e. The molecule has 1 fully saturated rings. The Morgan fingerprint density at radius 2 is 1.93 bits per heavy atom. The van der Waals surface area contributed by atoms with Gasteiger partial charge in [0.25, 0.3) is 5.91 Å². The van der Waals surface area contributed by atoms with Gasteiger partial charge in [-0.2, -0.15) is 0 Å². The first kappa shape index (κ1) is 18.1. The molecule has 0 unspecified atom stereocenters. The van der Waals surface area contributed by atoms with Gasteiger partial charge >= 0.3 is 0 Å². The van der Waals surface area contributed by atoms with E-state index in [1.807, 2.05) is 36.4 Å². The molecule has 0 aliphatic heterocycles. The van der Waals surface area contributed by atoms with Gasteiger partial charge in [0, 0.05) is 5.39 Å². The number of hydrogen-bond acceptors (Lipinski definition) is 4. The molecule has 0 bridgehead atoms. The molecule has 1 aromatic heterocycles. The van der Waals surface area contributed by atoms with E-state index >= 15 is 0 Å². The van der Waals surface area contributed by atoms with Crippen LogP contribution in [0.15, 0.2) is 52.9 Å². The molecule has 2 aromatic carbocycles. The molecule has 1 saturated carbocycles. The molecule has 3 aromatic rings. The molecular formula is C22H22N2O4. The van der Waals surface area contributed by atoms with Crippen LogP contribution in [-0.2, 0) is 11.4 Å². The SMILES string of the molecule is Cc1oc2ccc(OCc3ccccc3)cc2c1C(=O)NC1(C(N)=O)CCC1. The molecule has 1 aliphatic carbocycles. The first-order valence-corrected chi connectivity index (χ1v) is 9.31. The number of carbonyl (C=O) groups excluding carboxylic acids is 2. The molecule has 144 valence electrons. The third kappa shape index (κ3) is 3.22. The van der Waals surface area contributed by atoms with Gasteiger partial charge in [-0.05, 0) is 49.9 Å². The Balaban J connectivity index is 1.60. The minimum atomic E-state index is -0.950. The number of rotatable bonds is 6. The number of benzene rings is 2. The molecule has 0 radical (unpaired) electrons. The van der Waals surface area contributed by atoms with Crippen molar-refractivity contribution in [3.05, 3.63) is 65.4 Å². The third-order valence-corrected chi connectivity index (χ3v) is 5.34. The van der Waals surface area contributed by atoms with Gasteiger partial charge in [-0.3, -0.25) is 9.59 Å². The molecule has 1 heterocycles. The van der Waals surface area contributed by atoms with Crippen molar-refractivity contribution >= 4 is 22.8 Å². The molecule has 6 heteroatoms. The summed E-state index contributed by atoms with van der Waals surface area (Å²) in [4.78, 5) is 24.7. The van der Waals surface area contributed by atoms with Crippen LogP contribution in [0.2, 0.25) is 0 Å². The second-order valence-electron chi connectivity index (χ2n) is 7.22. The summed E-state index contributed by atoms with van der Waals surface area (Å²) in [5.41, 5.74) is 6.61. The average Bonchev–Trinajstić information content (AvgIpc) is 2.98. The second kappa shape index (κ2) is 7.03. The molecule has 0 saturated heterocycles. The first-order valence-electron chi connectivity index (χ1n) is 9.31. The number of primary amides is 1. The molecular weight excluding hydrogens is 356 g/mol. The quantitative estimate of drug-likeness (QED) is 0.687. The maximum atomic E-state index is 12.9. The molecule has 1 aliphatic rings. The summed E-state index contributed by atoms with van der Waals surface area (Å²) in [6.45, 7) is 2.16. The predicted molar refractivity (Wildman–Crippen MR) is 105 cm³/mol. The zero-order chi connectivity index (χ0) is 19.7. The van der Waals surface area contributed by atoms with E-state index < -0.39 is 11.4 Å². The lowest BCUT2D eigenvalue weighted by Crippen LogP contribution is -2.61. The fraction of sp³-hybridized carbons (Fsp3) is 0.273. The Hall–Kier alpha value is -3.28. The summed E-state index contributed by atoms with van der Waals surface area (Å²) in [6, 6.07) is 15.2. The Labute approximate surface area is 162 Å². The fourth-order valence-corrected chi connectivity index (χ4v) is 3.56. The first-order chi connectivity index (χ1) is 13.5. The van der Waals surface area contributed by atoms with Crippen LogP contribution in [0.3, 0.4) is 0 Å². The number of nitrogens with one attached hydrogen (secondary N) is 1. The molecule has 6 nitrogen and oxygen atoms in total. The minimum Gasteiger partial charge on any atom is -0.489 e. The maximum Gasteiger partial charge on any atom is 0.256 e. The standard InChI is InChI=1S/C22H22N2O4/c1-14-19(20(25)24-22(21(23)26)10-5-11-22)17-12-16(8-9-18(17)28-14)27-13-15-6-3-2-4-7-15/h2-4,6-9,12H,5,10-11,13H2,1H3,(H2,23,26)(H,24,25). The highest BCUT2D eigenvalue weighted by molar-refractivity contribution is 6.09. The van der Waals surface area contributed by atoms with Gasteiger partial charge < -0.3 is 20.2 Å². The van der Waals surface area contributed by atoms with Crippen molar-refractivity contribution in [2.24, 2.45) is 5.73 Å². The molecule has 2 amide bonds. The second-order valence-corrected chi connectivity index (χ2v) is 7.22. The van der Waals surface area contributed by atoms with Crippen LogP contribution in [0.25, 0.3) is 11.0 Å². The predicted octanol–water partition coefficient (Wildman–Crippen LogP) is 3.46. The monoisotopic (exact) mass is 378 g/mol. The Morgan fingerprint density at radius 1 is 1.18 bits per heavy atom. The van der Waals surface area contributed by atoms with Crippen LogP contribution < -0.4 is 15.8 Å². The Morgan fingerprint density at radius 3 is 2.57 bits per heavy atom. The Bertz CT molecular complexity index is 1040. The van der Waals surface area contributed by atoms with Crippen LogP contribution in [0.5, 0.6) is 5.75 Å². The summed E-state index contributed by atoms with van der Waals surface area (Å²) < 4.78 is 11.6. The molecule has 0 atom stereocenters. The lowest BCUT2D eigenvalue weighted by atomic mass is 9.76. The van der Waals surface area contributed by atoms with Gasteiger partial charge in [-0.15, -0.1) is 0 Å². The van der Waals surface area contributed by atoms with E-state index in [-0.39, 0.29) is 5.91 Å². The van der Waals surface area contributed by atoms with Gasteiger partial charge in [-0.1, -0.05) is 30.3 Å². The highest BCUT2D eigenvalue weighted by atomic mass is 16.5. The van der Waals surface area contributed by atoms with Crippen LogP contribution in [0.1, 0.15) is 40.9 Å². The van der Waals surface area contributed by atoms with Crippen molar-refractivity contribution in [3.8, 4) is 5.75 Å². The van der Waals surface area contributed by atoms with Crippen molar-refractivity contribution < 1.29 is 18.7 Å². The fourth-order valence-electron chi connectivity index (χ4n) is 3.56. The van der Waals surface area contributed by atoms with Crippen LogP contribution in [0, 0.1) is 6.92 Å². The topological polar surface area (TPSA) is 94.6 Å². The maximum absolute atomic E-state index is 12.9. The summed E-state index contributed by atoms with van der Waals surface area (Å²) >= 11 is 0. The number of furan rings is 1. The van der Waals surface area contributed by atoms with Crippen LogP contribution in [0.4, 0.5) is 0 Å². The summed E-state index contributed by atoms with van der Waals surface area (Å²) in [6.07, 6.45) is 1.99. The Kier molecular flexibility index (Phi) is 4.55.